The largest absolute Gasteiger partial charge is 0.462 e. The average molecular weight is 1040 g/mol. The van der Waals surface area contributed by atoms with Crippen LogP contribution >= 0.6 is 0 Å². The molecule has 7 fully saturated rings. The van der Waals surface area contributed by atoms with Crippen molar-refractivity contribution in [1.82, 2.24) is 0 Å². The molecule has 0 spiro atoms. The van der Waals surface area contributed by atoms with Gasteiger partial charge >= 0.3 is 11.9 Å². The predicted molar refractivity (Wildman–Crippen MR) is 251 cm³/mol. The van der Waals surface area contributed by atoms with Gasteiger partial charge in [-0.3, -0.25) is 4.79 Å². The number of aliphatic hydroxyl groups is 10. The molecule has 4 aliphatic carbocycles. The van der Waals surface area contributed by atoms with E-state index in [1.165, 1.54) is 7.11 Å². The molecule has 3 aliphatic heterocycles. The first kappa shape index (κ1) is 56.7. The molecule has 21 nitrogen and oxygen atoms in total. The third-order valence-electron chi connectivity index (χ3n) is 18.3. The van der Waals surface area contributed by atoms with E-state index in [9.17, 15) is 60.7 Å². The van der Waals surface area contributed by atoms with Crippen molar-refractivity contribution in [3.8, 4) is 0 Å². The van der Waals surface area contributed by atoms with E-state index in [4.69, 9.17) is 42.6 Å². The zero-order valence-corrected chi connectivity index (χ0v) is 42.8. The van der Waals surface area contributed by atoms with Gasteiger partial charge < -0.3 is 93.7 Å². The molecular weight excluding hydrogens is 961 g/mol. The van der Waals surface area contributed by atoms with Gasteiger partial charge in [-0.1, -0.05) is 45.9 Å². The maximum absolute atomic E-state index is 13.8. The smallest absolute Gasteiger partial charge is 0.338 e. The fraction of sp³-hybridized carbons (Fsp3) is 0.846. The van der Waals surface area contributed by atoms with Crippen LogP contribution in [0, 0.1) is 34.5 Å². The third-order valence-corrected chi connectivity index (χ3v) is 18.3. The minimum Gasteiger partial charge on any atom is -0.462 e. The van der Waals surface area contributed by atoms with Crippen LogP contribution in [-0.2, 0) is 47.4 Å². The van der Waals surface area contributed by atoms with E-state index in [-0.39, 0.29) is 37.1 Å². The van der Waals surface area contributed by atoms with Gasteiger partial charge in [0.2, 0.25) is 0 Å². The van der Waals surface area contributed by atoms with E-state index in [0.717, 1.165) is 0 Å². The molecule has 1 aromatic rings. The van der Waals surface area contributed by atoms with E-state index >= 15 is 0 Å². The normalized spacial score (nSPS) is 48.2. The average Bonchev–Trinajstić information content (AvgIpc) is 3.59. The third kappa shape index (κ3) is 10.2. The van der Waals surface area contributed by atoms with Gasteiger partial charge in [0.1, 0.15) is 90.6 Å². The van der Waals surface area contributed by atoms with Crippen LogP contribution in [-0.4, -0.2) is 205 Å². The second kappa shape index (κ2) is 22.1. The molecule has 0 unspecified atom stereocenters. The molecule has 4 saturated carbocycles. The molecule has 0 amide bonds. The van der Waals surface area contributed by atoms with Crippen LogP contribution in [0.15, 0.2) is 30.3 Å². The Morgan fingerprint density at radius 3 is 2.04 bits per heavy atom. The van der Waals surface area contributed by atoms with Crippen LogP contribution in [0.2, 0.25) is 0 Å². The van der Waals surface area contributed by atoms with Gasteiger partial charge in [-0.2, -0.15) is 0 Å². The van der Waals surface area contributed by atoms with Gasteiger partial charge in [0.15, 0.2) is 18.9 Å². The second-order valence-corrected chi connectivity index (χ2v) is 22.9. The summed E-state index contributed by atoms with van der Waals surface area (Å²) in [7, 11) is 1.35. The fourth-order valence-corrected chi connectivity index (χ4v) is 14.2. The number of aliphatic hydroxyl groups excluding tert-OH is 8. The van der Waals surface area contributed by atoms with Crippen molar-refractivity contribution in [2.75, 3.05) is 20.3 Å². The summed E-state index contributed by atoms with van der Waals surface area (Å²) >= 11 is 0. The Morgan fingerprint density at radius 2 is 1.38 bits per heavy atom. The number of ether oxygens (including phenoxy) is 9. The van der Waals surface area contributed by atoms with Crippen LogP contribution in [0.25, 0.3) is 0 Å². The maximum atomic E-state index is 13.8. The van der Waals surface area contributed by atoms with E-state index in [2.05, 4.69) is 6.92 Å². The zero-order chi connectivity index (χ0) is 53.1. The summed E-state index contributed by atoms with van der Waals surface area (Å²) in [6, 6.07) is 8.53. The van der Waals surface area contributed by atoms with Crippen molar-refractivity contribution >= 4 is 11.9 Å². The Labute approximate surface area is 425 Å². The number of methoxy groups -OCH3 is 1. The summed E-state index contributed by atoms with van der Waals surface area (Å²) in [5.41, 5.74) is -4.76. The monoisotopic (exact) mass is 1040 g/mol. The predicted octanol–water partition coefficient (Wildman–Crippen LogP) is 0.204. The number of hydrogen-bond acceptors (Lipinski definition) is 21. The molecule has 1 aromatic carbocycles. The number of rotatable bonds is 15. The summed E-state index contributed by atoms with van der Waals surface area (Å²) in [6.07, 6.45) is -20.4. The van der Waals surface area contributed by atoms with Crippen molar-refractivity contribution in [3.05, 3.63) is 35.9 Å². The summed E-state index contributed by atoms with van der Waals surface area (Å²) < 4.78 is 53.8. The van der Waals surface area contributed by atoms with E-state index in [0.29, 0.717) is 44.1 Å². The lowest BCUT2D eigenvalue weighted by Crippen LogP contribution is -2.76. The molecule has 3 saturated heterocycles. The van der Waals surface area contributed by atoms with Crippen molar-refractivity contribution < 1.29 is 103 Å². The number of benzene rings is 1. The second-order valence-electron chi connectivity index (χ2n) is 22.9. The van der Waals surface area contributed by atoms with Gasteiger partial charge in [0, 0.05) is 24.9 Å². The number of esters is 2. The fourth-order valence-electron chi connectivity index (χ4n) is 14.2. The van der Waals surface area contributed by atoms with Crippen molar-refractivity contribution in [2.45, 2.75) is 221 Å². The summed E-state index contributed by atoms with van der Waals surface area (Å²) in [5.74, 6) is -1.71. The molecular formula is C52H80O21. The zero-order valence-electron chi connectivity index (χ0n) is 42.8. The molecule has 10 N–H and O–H groups in total. The van der Waals surface area contributed by atoms with Crippen LogP contribution in [0.5, 0.6) is 0 Å². The molecule has 25 atom stereocenters. The Balaban J connectivity index is 0.931. The molecule has 414 valence electrons. The van der Waals surface area contributed by atoms with Crippen molar-refractivity contribution in [1.29, 1.82) is 0 Å². The molecule has 8 rings (SSSR count). The highest BCUT2D eigenvalue weighted by Crippen LogP contribution is 2.71. The highest BCUT2D eigenvalue weighted by atomic mass is 16.8. The van der Waals surface area contributed by atoms with E-state index in [1.54, 1.807) is 37.3 Å². The van der Waals surface area contributed by atoms with E-state index in [1.807, 2.05) is 27.7 Å². The number of fused-ring (bicyclic) bond motifs is 5. The molecule has 73 heavy (non-hydrogen) atoms. The standard InChI is InChI=1S/C52H80O21/c1-24(2)19-35(54)67-25(3)30-21-34(72-45(62)27-11-9-8-10-12-27)52(64)50(30,6)17-15-33-49(5)16-14-29(20-28(49)13-18-51(33,52)63)69-48-42(61)44(65-7)43(26(4)68-48)73-47-41(60)39(58)37(56)32(71-47)23-66-46-40(59)38(57)36(55)31(22-53)70-46/h8-12,24-26,28-34,36-44,46-48,53,55-61,63-64H,13-23H2,1-7H3/t25-,26+,28-,29-,30+,31+,32+,33+,34+,36+,37+,38-,39-,40+,41+,42+,43-,44+,46+,47-,48-,49-,50+,51-,52+/m0/s1. The first-order valence-corrected chi connectivity index (χ1v) is 26.1. The number of carbonyl (C=O) groups excluding carboxylic acids is 2. The summed E-state index contributed by atoms with van der Waals surface area (Å²) in [4.78, 5) is 26.8. The minimum atomic E-state index is -1.90. The molecule has 3 heterocycles. The molecule has 0 radical (unpaired) electrons. The molecule has 21 heteroatoms. The lowest BCUT2D eigenvalue weighted by molar-refractivity contribution is -0.367. The van der Waals surface area contributed by atoms with Crippen molar-refractivity contribution in [2.24, 2.45) is 34.5 Å². The SMILES string of the molecule is CO[C@@H]1[C@@H](O)[C@H](O[C@H]2CC[C@@]3(C)[C@@H](CC[C@]4(O)[C@@H]3CC[C@]3(C)[C@@H]([C@H](C)OC(=O)CC(C)C)C[C@@H](OC(=O)c5ccccc5)[C@@]34O)C2)O[C@H](C)[C@@H]1O[C@@H]1O[C@H](CO[C@@H]2O[C@H](CO)[C@@H](O)[C@H](O)[C@H]2O)[C@@H](O)[C@H](O)[C@H]1O. The van der Waals surface area contributed by atoms with Gasteiger partial charge in [0.05, 0.1) is 31.0 Å². The Kier molecular flexibility index (Phi) is 17.1. The van der Waals surface area contributed by atoms with Crippen LogP contribution in [0.4, 0.5) is 0 Å². The lowest BCUT2D eigenvalue weighted by atomic mass is 9.41. The highest BCUT2D eigenvalue weighted by molar-refractivity contribution is 5.89. The van der Waals surface area contributed by atoms with Crippen LogP contribution in [0.3, 0.4) is 0 Å². The maximum Gasteiger partial charge on any atom is 0.338 e. The van der Waals surface area contributed by atoms with Gasteiger partial charge in [-0.25, -0.2) is 4.79 Å². The molecule has 0 bridgehead atoms. The number of hydrogen-bond donors (Lipinski definition) is 10. The lowest BCUT2D eigenvalue weighted by Gasteiger charge is -2.67. The van der Waals surface area contributed by atoms with Crippen LogP contribution < -0.4 is 0 Å². The Bertz CT molecular complexity index is 2030. The molecule has 7 aliphatic rings. The topological polar surface area (TPSA) is 320 Å². The van der Waals surface area contributed by atoms with Crippen molar-refractivity contribution in [3.63, 3.8) is 0 Å². The van der Waals surface area contributed by atoms with E-state index < -0.39 is 163 Å². The highest BCUT2D eigenvalue weighted by Gasteiger charge is 2.78. The summed E-state index contributed by atoms with van der Waals surface area (Å²) in [6.45, 7) is 10.2. The number of carbonyl (C=O) groups is 2. The Morgan fingerprint density at radius 1 is 0.740 bits per heavy atom. The quantitative estimate of drug-likeness (QED) is 0.0829. The minimum absolute atomic E-state index is 0.0136. The van der Waals surface area contributed by atoms with Gasteiger partial charge in [-0.05, 0) is 101 Å². The Hall–Kier alpha value is -2.52. The first-order valence-electron chi connectivity index (χ1n) is 26.1. The summed E-state index contributed by atoms with van der Waals surface area (Å²) in [5, 5.41) is 112. The van der Waals surface area contributed by atoms with Gasteiger partial charge in [0.25, 0.3) is 0 Å². The molecule has 0 aromatic heterocycles. The first-order chi connectivity index (χ1) is 34.4. The van der Waals surface area contributed by atoms with Gasteiger partial charge in [-0.15, -0.1) is 0 Å². The van der Waals surface area contributed by atoms with Crippen LogP contribution in [0.1, 0.15) is 110 Å².